The molecule has 0 saturated heterocycles. The molecule has 2 nitrogen and oxygen atoms in total. The lowest BCUT2D eigenvalue weighted by atomic mass is 9.95. The largest absolute Gasteiger partial charge is 0.456 e. The summed E-state index contributed by atoms with van der Waals surface area (Å²) in [6.45, 7) is 0. The van der Waals surface area contributed by atoms with E-state index in [0.717, 1.165) is 16.7 Å². The van der Waals surface area contributed by atoms with Crippen molar-refractivity contribution in [1.29, 1.82) is 0 Å². The molecule has 0 bridgehead atoms. The minimum atomic E-state index is 0.0514. The Morgan fingerprint density at radius 1 is 0.581 bits per heavy atom. The highest BCUT2D eigenvalue weighted by molar-refractivity contribution is 5.84. The van der Waals surface area contributed by atoms with Crippen LogP contribution in [0.5, 0.6) is 0 Å². The van der Waals surface area contributed by atoms with Crippen LogP contribution in [0.15, 0.2) is 118 Å². The molecule has 150 valence electrons. The molecule has 5 rings (SSSR count). The van der Waals surface area contributed by atoms with Gasteiger partial charge in [-0.15, -0.1) is 0 Å². The van der Waals surface area contributed by atoms with Crippen LogP contribution in [-0.2, 0) is 12.8 Å². The van der Waals surface area contributed by atoms with Gasteiger partial charge in [0, 0.05) is 17.5 Å². The van der Waals surface area contributed by atoms with Gasteiger partial charge in [0.05, 0.1) is 5.39 Å². The van der Waals surface area contributed by atoms with Gasteiger partial charge in [-0.25, -0.2) is 0 Å². The SMILES string of the molecule is O=c1c(Cc2ccccc2)c(-c2ccccc2)oc2cccc(Cc3ccccc3)c12. The van der Waals surface area contributed by atoms with E-state index in [1.54, 1.807) is 0 Å². The third-order valence-corrected chi connectivity index (χ3v) is 5.60. The summed E-state index contributed by atoms with van der Waals surface area (Å²) in [5.41, 5.74) is 5.56. The molecule has 1 aromatic heterocycles. The molecule has 0 unspecified atom stereocenters. The molecule has 0 saturated carbocycles. The van der Waals surface area contributed by atoms with Gasteiger partial charge in [-0.1, -0.05) is 103 Å². The van der Waals surface area contributed by atoms with Crippen molar-refractivity contribution >= 4 is 11.0 Å². The number of hydrogen-bond acceptors (Lipinski definition) is 2. The topological polar surface area (TPSA) is 30.2 Å². The van der Waals surface area contributed by atoms with E-state index in [1.807, 2.05) is 97.1 Å². The smallest absolute Gasteiger partial charge is 0.197 e. The number of rotatable bonds is 5. The molecular weight excluding hydrogens is 380 g/mol. The number of benzene rings is 4. The Labute approximate surface area is 181 Å². The van der Waals surface area contributed by atoms with E-state index < -0.39 is 0 Å². The molecule has 0 aliphatic rings. The van der Waals surface area contributed by atoms with Crippen molar-refractivity contribution in [2.45, 2.75) is 12.8 Å². The van der Waals surface area contributed by atoms with Crippen molar-refractivity contribution in [2.24, 2.45) is 0 Å². The fourth-order valence-electron chi connectivity index (χ4n) is 4.09. The average Bonchev–Trinajstić information content (AvgIpc) is 2.83. The summed E-state index contributed by atoms with van der Waals surface area (Å²) in [6.07, 6.45) is 1.22. The summed E-state index contributed by atoms with van der Waals surface area (Å²) < 4.78 is 6.41. The second kappa shape index (κ2) is 8.45. The quantitative estimate of drug-likeness (QED) is 0.330. The summed E-state index contributed by atoms with van der Waals surface area (Å²) in [7, 11) is 0. The second-order valence-electron chi connectivity index (χ2n) is 7.72. The fraction of sp³-hybridized carbons (Fsp3) is 0.0690. The molecule has 0 radical (unpaired) electrons. The average molecular weight is 402 g/mol. The van der Waals surface area contributed by atoms with E-state index in [-0.39, 0.29) is 5.43 Å². The van der Waals surface area contributed by atoms with Gasteiger partial charge >= 0.3 is 0 Å². The molecular formula is C29H22O2. The third kappa shape index (κ3) is 3.93. The van der Waals surface area contributed by atoms with Crippen LogP contribution in [0.4, 0.5) is 0 Å². The van der Waals surface area contributed by atoms with Crippen molar-refractivity contribution < 1.29 is 4.42 Å². The predicted octanol–water partition coefficient (Wildman–Crippen LogP) is 6.64. The van der Waals surface area contributed by atoms with Gasteiger partial charge in [0.1, 0.15) is 11.3 Å². The fourth-order valence-corrected chi connectivity index (χ4v) is 4.09. The van der Waals surface area contributed by atoms with Crippen LogP contribution < -0.4 is 5.43 Å². The first-order valence-electron chi connectivity index (χ1n) is 10.5. The first-order valence-corrected chi connectivity index (χ1v) is 10.5. The Bertz CT molecular complexity index is 1370. The highest BCUT2D eigenvalue weighted by Gasteiger charge is 2.18. The van der Waals surface area contributed by atoms with Crippen LogP contribution in [0.3, 0.4) is 0 Å². The monoisotopic (exact) mass is 402 g/mol. The first kappa shape index (κ1) is 19.1. The Morgan fingerprint density at radius 2 is 1.16 bits per heavy atom. The van der Waals surface area contributed by atoms with Crippen molar-refractivity contribution in [3.8, 4) is 11.3 Å². The maximum Gasteiger partial charge on any atom is 0.197 e. The van der Waals surface area contributed by atoms with Crippen LogP contribution in [-0.4, -0.2) is 0 Å². The van der Waals surface area contributed by atoms with E-state index >= 15 is 0 Å². The molecule has 0 atom stereocenters. The molecule has 0 spiro atoms. The lowest BCUT2D eigenvalue weighted by Gasteiger charge is -2.13. The number of fused-ring (bicyclic) bond motifs is 1. The lowest BCUT2D eigenvalue weighted by Crippen LogP contribution is -2.14. The Kier molecular flexibility index (Phi) is 5.20. The van der Waals surface area contributed by atoms with Gasteiger partial charge in [-0.2, -0.15) is 0 Å². The highest BCUT2D eigenvalue weighted by atomic mass is 16.3. The Hall–Kier alpha value is -3.91. The van der Waals surface area contributed by atoms with Crippen molar-refractivity contribution in [2.75, 3.05) is 0 Å². The van der Waals surface area contributed by atoms with Gasteiger partial charge in [0.25, 0.3) is 0 Å². The zero-order chi connectivity index (χ0) is 21.0. The van der Waals surface area contributed by atoms with Gasteiger partial charge in [-0.3, -0.25) is 4.79 Å². The summed E-state index contributed by atoms with van der Waals surface area (Å²) in [5.74, 6) is 0.652. The van der Waals surface area contributed by atoms with E-state index in [4.69, 9.17) is 4.42 Å². The van der Waals surface area contributed by atoms with Crippen LogP contribution >= 0.6 is 0 Å². The van der Waals surface area contributed by atoms with Crippen molar-refractivity contribution in [1.82, 2.24) is 0 Å². The summed E-state index contributed by atoms with van der Waals surface area (Å²) in [5, 5.41) is 0.678. The molecule has 0 N–H and O–H groups in total. The van der Waals surface area contributed by atoms with Crippen LogP contribution in [0.25, 0.3) is 22.3 Å². The zero-order valence-corrected chi connectivity index (χ0v) is 17.1. The van der Waals surface area contributed by atoms with Gasteiger partial charge < -0.3 is 4.42 Å². The molecule has 31 heavy (non-hydrogen) atoms. The third-order valence-electron chi connectivity index (χ3n) is 5.60. The first-order chi connectivity index (χ1) is 15.3. The molecule has 2 heteroatoms. The molecule has 0 amide bonds. The molecule has 5 aromatic rings. The maximum atomic E-state index is 13.9. The summed E-state index contributed by atoms with van der Waals surface area (Å²) in [4.78, 5) is 13.9. The van der Waals surface area contributed by atoms with E-state index in [0.29, 0.717) is 35.1 Å². The van der Waals surface area contributed by atoms with Crippen LogP contribution in [0, 0.1) is 0 Å². The summed E-state index contributed by atoms with van der Waals surface area (Å²) in [6, 6.07) is 36.1. The van der Waals surface area contributed by atoms with Gasteiger partial charge in [0.2, 0.25) is 0 Å². The van der Waals surface area contributed by atoms with Crippen LogP contribution in [0.2, 0.25) is 0 Å². The van der Waals surface area contributed by atoms with Gasteiger partial charge in [0.15, 0.2) is 5.43 Å². The minimum Gasteiger partial charge on any atom is -0.456 e. The van der Waals surface area contributed by atoms with E-state index in [1.165, 1.54) is 5.56 Å². The molecule has 4 aromatic carbocycles. The zero-order valence-electron chi connectivity index (χ0n) is 17.1. The maximum absolute atomic E-state index is 13.9. The molecule has 0 aliphatic carbocycles. The van der Waals surface area contributed by atoms with Crippen molar-refractivity contribution in [3.05, 3.63) is 142 Å². The normalized spacial score (nSPS) is 11.0. The Morgan fingerprint density at radius 3 is 1.81 bits per heavy atom. The predicted molar refractivity (Wildman–Crippen MR) is 126 cm³/mol. The molecule has 1 heterocycles. The van der Waals surface area contributed by atoms with Crippen molar-refractivity contribution in [3.63, 3.8) is 0 Å². The Balaban J connectivity index is 1.73. The van der Waals surface area contributed by atoms with E-state index in [9.17, 15) is 4.79 Å². The van der Waals surface area contributed by atoms with E-state index in [2.05, 4.69) is 12.1 Å². The molecule has 0 aliphatic heterocycles. The second-order valence-corrected chi connectivity index (χ2v) is 7.72. The standard InChI is InChI=1S/C29H22O2/c30-28-25(20-22-13-6-2-7-14-22)29(23-15-8-3-9-16-23)31-26-18-10-17-24(27(26)28)19-21-11-4-1-5-12-21/h1-18H,19-20H2. The summed E-state index contributed by atoms with van der Waals surface area (Å²) >= 11 is 0. The minimum absolute atomic E-state index is 0.0514. The lowest BCUT2D eigenvalue weighted by molar-refractivity contribution is 0.611. The van der Waals surface area contributed by atoms with Gasteiger partial charge in [-0.05, 0) is 29.2 Å². The molecule has 0 fully saturated rings. The van der Waals surface area contributed by atoms with Crippen LogP contribution in [0.1, 0.15) is 22.3 Å². The number of hydrogen-bond donors (Lipinski definition) is 0. The highest BCUT2D eigenvalue weighted by Crippen LogP contribution is 2.29.